The quantitative estimate of drug-likeness (QED) is 0.337. The second-order valence-electron chi connectivity index (χ2n) is 11.2. The summed E-state index contributed by atoms with van der Waals surface area (Å²) < 4.78 is 11.3. The highest BCUT2D eigenvalue weighted by atomic mass is 16.6. The van der Waals surface area contributed by atoms with Gasteiger partial charge in [0, 0.05) is 42.3 Å². The lowest BCUT2D eigenvalue weighted by Gasteiger charge is -2.51. The topological polar surface area (TPSA) is 71.9 Å². The number of amides is 1. The second kappa shape index (κ2) is 9.38. The first kappa shape index (κ1) is 24.2. The Morgan fingerprint density at radius 2 is 1.62 bits per heavy atom. The number of piperidine rings is 2. The highest BCUT2D eigenvalue weighted by Crippen LogP contribution is 2.47. The Bertz CT molecular complexity index is 1510. The van der Waals surface area contributed by atoms with Gasteiger partial charge in [-0.15, -0.1) is 0 Å². The summed E-state index contributed by atoms with van der Waals surface area (Å²) in [5.74, 6) is 0.604. The second-order valence-corrected chi connectivity index (χ2v) is 11.2. The van der Waals surface area contributed by atoms with Crippen molar-refractivity contribution >= 4 is 17.0 Å². The smallest absolute Gasteiger partial charge is 0.410 e. The van der Waals surface area contributed by atoms with Crippen molar-refractivity contribution in [3.05, 3.63) is 95.6 Å². The number of hydrogen-bond acceptors (Lipinski definition) is 5. The molecule has 6 nitrogen and oxygen atoms in total. The van der Waals surface area contributed by atoms with E-state index < -0.39 is 5.60 Å². The van der Waals surface area contributed by atoms with Gasteiger partial charge in [0.1, 0.15) is 6.61 Å². The summed E-state index contributed by atoms with van der Waals surface area (Å²) in [5.41, 5.74) is 5.58. The number of rotatable bonds is 4. The van der Waals surface area contributed by atoms with Crippen LogP contribution in [-0.4, -0.2) is 46.9 Å². The molecule has 4 aromatic rings. The van der Waals surface area contributed by atoms with E-state index in [1.807, 2.05) is 35.2 Å². The molecule has 3 aromatic carbocycles. The van der Waals surface area contributed by atoms with Crippen LogP contribution in [0.5, 0.6) is 5.88 Å². The van der Waals surface area contributed by atoms with E-state index in [0.29, 0.717) is 25.3 Å². The number of benzene rings is 3. The summed E-state index contributed by atoms with van der Waals surface area (Å²) in [6.07, 6.45) is 3.54. The Morgan fingerprint density at radius 3 is 2.28 bits per heavy atom. The molecule has 2 atom stereocenters. The highest BCUT2D eigenvalue weighted by Gasteiger charge is 2.49. The molecule has 6 heteroatoms. The van der Waals surface area contributed by atoms with E-state index in [2.05, 4.69) is 53.5 Å². The van der Waals surface area contributed by atoms with Crippen LogP contribution in [0.2, 0.25) is 0 Å². The predicted octanol–water partition coefficient (Wildman–Crippen LogP) is 6.40. The lowest BCUT2D eigenvalue weighted by Crippen LogP contribution is -2.59. The lowest BCUT2D eigenvalue weighted by atomic mass is 9.72. The number of hydrogen-bond donors (Lipinski definition) is 1. The molecule has 1 aromatic heterocycles. The van der Waals surface area contributed by atoms with Gasteiger partial charge in [0.2, 0.25) is 5.88 Å². The van der Waals surface area contributed by atoms with Gasteiger partial charge in [-0.1, -0.05) is 54.6 Å². The molecule has 3 heterocycles. The van der Waals surface area contributed by atoms with E-state index in [1.165, 1.54) is 22.3 Å². The van der Waals surface area contributed by atoms with Crippen LogP contribution in [0, 0.1) is 0 Å². The third-order valence-electron chi connectivity index (χ3n) is 8.97. The normalized spacial score (nSPS) is 23.8. The van der Waals surface area contributed by atoms with E-state index in [9.17, 15) is 9.90 Å². The Morgan fingerprint density at radius 1 is 0.949 bits per heavy atom. The number of fused-ring (bicyclic) bond motifs is 6. The van der Waals surface area contributed by atoms with E-state index in [0.717, 1.165) is 35.7 Å². The van der Waals surface area contributed by atoms with E-state index in [-0.39, 0.29) is 24.1 Å². The molecule has 198 valence electrons. The molecular weight excluding hydrogens is 488 g/mol. The Kier molecular flexibility index (Phi) is 5.81. The van der Waals surface area contributed by atoms with Crippen LogP contribution in [-0.2, 0) is 10.3 Å². The largest absolute Gasteiger partial charge is 0.481 e. The van der Waals surface area contributed by atoms with Crippen molar-refractivity contribution in [3.63, 3.8) is 0 Å². The van der Waals surface area contributed by atoms with Crippen molar-refractivity contribution in [3.8, 4) is 17.0 Å². The fraction of sp³-hybridized carbons (Fsp3) is 0.333. The number of ether oxygens (including phenoxy) is 2. The van der Waals surface area contributed by atoms with Crippen LogP contribution in [0.4, 0.5) is 4.79 Å². The number of aliphatic hydroxyl groups is 1. The van der Waals surface area contributed by atoms with Gasteiger partial charge in [0.25, 0.3) is 0 Å². The van der Waals surface area contributed by atoms with Gasteiger partial charge in [-0.3, -0.25) is 0 Å². The average Bonchev–Trinajstić information content (AvgIpc) is 3.28. The van der Waals surface area contributed by atoms with Gasteiger partial charge in [-0.25, -0.2) is 9.78 Å². The predicted molar refractivity (Wildman–Crippen MR) is 150 cm³/mol. The number of pyridine rings is 1. The standard InChI is InChI=1S/C33H32N2O4/c1-38-31-16-13-21-17-22(14-15-30(21)34-31)33(37)18-23-7-6-8-24(19-33)35(23)32(36)39-20-29-27-11-4-2-9-25(27)26-10-3-5-12-28(26)29/h2-5,9-17,23-24,29,37H,6-8,18-20H2,1H3. The molecule has 2 bridgehead atoms. The van der Waals surface area contributed by atoms with Crippen LogP contribution in [0.25, 0.3) is 22.0 Å². The van der Waals surface area contributed by atoms with Crippen LogP contribution in [0.1, 0.15) is 54.7 Å². The zero-order valence-corrected chi connectivity index (χ0v) is 22.0. The van der Waals surface area contributed by atoms with Gasteiger partial charge in [-0.2, -0.15) is 0 Å². The zero-order valence-electron chi connectivity index (χ0n) is 22.0. The maximum atomic E-state index is 13.6. The van der Waals surface area contributed by atoms with Gasteiger partial charge < -0.3 is 19.5 Å². The molecule has 0 spiro atoms. The third kappa shape index (κ3) is 4.05. The van der Waals surface area contributed by atoms with Crippen molar-refractivity contribution in [2.75, 3.05) is 13.7 Å². The van der Waals surface area contributed by atoms with E-state index in [4.69, 9.17) is 9.47 Å². The molecule has 0 radical (unpaired) electrons. The summed E-state index contributed by atoms with van der Waals surface area (Å²) in [7, 11) is 1.61. The molecule has 2 unspecified atom stereocenters. The van der Waals surface area contributed by atoms with Crippen LogP contribution < -0.4 is 4.74 Å². The molecule has 1 amide bonds. The monoisotopic (exact) mass is 520 g/mol. The van der Waals surface area contributed by atoms with Gasteiger partial charge in [0.15, 0.2) is 0 Å². The molecule has 2 aliphatic heterocycles. The van der Waals surface area contributed by atoms with Crippen molar-refractivity contribution in [1.82, 2.24) is 9.88 Å². The number of nitrogens with zero attached hydrogens (tertiary/aromatic N) is 2. The molecule has 39 heavy (non-hydrogen) atoms. The number of aromatic nitrogens is 1. The Balaban J connectivity index is 1.10. The molecule has 3 aliphatic rings. The minimum absolute atomic E-state index is 0.0350. The maximum absolute atomic E-state index is 13.6. The molecule has 0 saturated carbocycles. The SMILES string of the molecule is COc1ccc2cc(C3(O)CC4CCCC(C3)N4C(=O)OCC3c4ccccc4-c4ccccc43)ccc2n1. The molecular formula is C33H32N2O4. The number of methoxy groups -OCH3 is 1. The van der Waals surface area contributed by atoms with Gasteiger partial charge in [-0.05, 0) is 65.3 Å². The first-order valence-electron chi connectivity index (χ1n) is 13.8. The lowest BCUT2D eigenvalue weighted by molar-refractivity contribution is -0.0890. The summed E-state index contributed by atoms with van der Waals surface area (Å²) in [6.45, 7) is 0.314. The maximum Gasteiger partial charge on any atom is 0.410 e. The number of carbonyl (C=O) groups excluding carboxylic acids is 1. The molecule has 1 N–H and O–H groups in total. The van der Waals surface area contributed by atoms with Crippen molar-refractivity contribution in [2.45, 2.75) is 55.7 Å². The summed E-state index contributed by atoms with van der Waals surface area (Å²) in [5, 5.41) is 12.9. The van der Waals surface area contributed by atoms with E-state index in [1.54, 1.807) is 7.11 Å². The van der Waals surface area contributed by atoms with Gasteiger partial charge >= 0.3 is 6.09 Å². The van der Waals surface area contributed by atoms with Crippen LogP contribution >= 0.6 is 0 Å². The molecule has 2 fully saturated rings. The molecule has 7 rings (SSSR count). The summed E-state index contributed by atoms with van der Waals surface area (Å²) in [4.78, 5) is 20.0. The Hall–Kier alpha value is -3.90. The highest BCUT2D eigenvalue weighted by molar-refractivity contribution is 5.81. The van der Waals surface area contributed by atoms with Crippen molar-refractivity contribution in [1.29, 1.82) is 0 Å². The Labute approximate surface area is 228 Å². The average molecular weight is 521 g/mol. The van der Waals surface area contributed by atoms with Crippen molar-refractivity contribution in [2.24, 2.45) is 0 Å². The zero-order chi connectivity index (χ0) is 26.6. The summed E-state index contributed by atoms with van der Waals surface area (Å²) >= 11 is 0. The first-order valence-corrected chi connectivity index (χ1v) is 13.8. The molecule has 2 saturated heterocycles. The van der Waals surface area contributed by atoms with E-state index >= 15 is 0 Å². The van der Waals surface area contributed by atoms with Crippen LogP contribution in [0.15, 0.2) is 78.9 Å². The molecule has 1 aliphatic carbocycles. The first-order chi connectivity index (χ1) is 19.0. The minimum atomic E-state index is -0.996. The third-order valence-corrected chi connectivity index (χ3v) is 8.97. The minimum Gasteiger partial charge on any atom is -0.481 e. The fourth-order valence-corrected chi connectivity index (χ4v) is 7.14. The van der Waals surface area contributed by atoms with Crippen LogP contribution in [0.3, 0.4) is 0 Å². The van der Waals surface area contributed by atoms with Gasteiger partial charge in [0.05, 0.1) is 18.2 Å². The van der Waals surface area contributed by atoms with Crippen molar-refractivity contribution < 1.29 is 19.4 Å². The fourth-order valence-electron chi connectivity index (χ4n) is 7.14. The number of carbonyl (C=O) groups is 1. The summed E-state index contributed by atoms with van der Waals surface area (Å²) in [6, 6.07) is 26.4.